The van der Waals surface area contributed by atoms with Crippen molar-refractivity contribution < 1.29 is 57.8 Å². The van der Waals surface area contributed by atoms with E-state index in [2.05, 4.69) is 5.32 Å². The Bertz CT molecular complexity index is 1080. The van der Waals surface area contributed by atoms with Crippen molar-refractivity contribution in [3.8, 4) is 5.75 Å². The summed E-state index contributed by atoms with van der Waals surface area (Å²) in [5.74, 6) is -4.18. The normalized spacial score (nSPS) is 16.7. The van der Waals surface area contributed by atoms with Gasteiger partial charge in [0.25, 0.3) is 11.8 Å². The van der Waals surface area contributed by atoms with Gasteiger partial charge < -0.3 is 24.6 Å². The number of rotatable bonds is 3. The van der Waals surface area contributed by atoms with E-state index in [4.69, 9.17) is 4.74 Å². The average molecular weight is 457 g/mol. The summed E-state index contributed by atoms with van der Waals surface area (Å²) in [7, 11) is 0. The summed E-state index contributed by atoms with van der Waals surface area (Å²) in [6.07, 6.45) is 1.19. The number of fused-ring (bicyclic) bond motifs is 2. The molecule has 8 nitrogen and oxygen atoms in total. The molecule has 2 amide bonds. The number of amides is 2. The van der Waals surface area contributed by atoms with Crippen LogP contribution in [0.4, 0.5) is 8.78 Å². The van der Waals surface area contributed by atoms with Crippen LogP contribution < -0.4 is 45.4 Å². The van der Waals surface area contributed by atoms with Crippen molar-refractivity contribution in [1.29, 1.82) is 0 Å². The van der Waals surface area contributed by atoms with Crippen molar-refractivity contribution in [2.45, 2.75) is 39.6 Å². The van der Waals surface area contributed by atoms with Crippen molar-refractivity contribution in [3.05, 3.63) is 63.1 Å². The second kappa shape index (κ2) is 11.0. The average Bonchev–Trinajstić information content (AvgIpc) is 2.77. The molecule has 1 aromatic heterocycles. The fourth-order valence-corrected chi connectivity index (χ4v) is 3.48. The molecule has 1 unspecified atom stereocenters. The number of carbonyl (C=O) groups excluding carboxylic acids is 2. The van der Waals surface area contributed by atoms with Crippen molar-refractivity contribution in [1.82, 2.24) is 14.8 Å². The second-order valence-electron chi connectivity index (χ2n) is 6.80. The smallest absolute Gasteiger partial charge is 0.868 e. The maximum atomic E-state index is 13.7. The summed E-state index contributed by atoms with van der Waals surface area (Å²) in [5.41, 5.74) is -1.86. The van der Waals surface area contributed by atoms with E-state index >= 15 is 0 Å². The van der Waals surface area contributed by atoms with E-state index in [0.29, 0.717) is 25.6 Å². The number of halogens is 2. The Morgan fingerprint density at radius 1 is 1.28 bits per heavy atom. The Morgan fingerprint density at radius 3 is 2.69 bits per heavy atom. The zero-order chi connectivity index (χ0) is 22.7. The SMILES string of the molecule is CC.O=C(NCc1ccc(F)cc1F)c1cn2c(c([O-])c1=O)C(=O)N1CCCOC1C2.[Na+]. The van der Waals surface area contributed by atoms with Crippen LogP contribution in [0, 0.1) is 11.6 Å². The number of carbonyl (C=O) groups is 2. The molecule has 1 aromatic carbocycles. The number of hydrogen-bond acceptors (Lipinski definition) is 5. The molecule has 0 aliphatic carbocycles. The molecule has 11 heteroatoms. The van der Waals surface area contributed by atoms with E-state index in [1.54, 1.807) is 0 Å². The summed E-state index contributed by atoms with van der Waals surface area (Å²) in [4.78, 5) is 38.8. The van der Waals surface area contributed by atoms with Crippen LogP contribution in [0.1, 0.15) is 46.7 Å². The van der Waals surface area contributed by atoms with Crippen LogP contribution in [0.25, 0.3) is 0 Å². The molecule has 1 N–H and O–H groups in total. The predicted octanol–water partition coefficient (Wildman–Crippen LogP) is -1.64. The second-order valence-corrected chi connectivity index (χ2v) is 6.80. The van der Waals surface area contributed by atoms with Crippen LogP contribution in [0.5, 0.6) is 5.75 Å². The third kappa shape index (κ3) is 5.03. The van der Waals surface area contributed by atoms with Gasteiger partial charge in [0.15, 0.2) is 11.7 Å². The molecule has 2 aliphatic heterocycles. The molecule has 4 rings (SSSR count). The fourth-order valence-electron chi connectivity index (χ4n) is 3.48. The van der Waals surface area contributed by atoms with E-state index in [-0.39, 0.29) is 53.9 Å². The maximum Gasteiger partial charge on any atom is 1.00 e. The molecule has 0 spiro atoms. The number of hydrogen-bond donors (Lipinski definition) is 1. The number of nitrogens with zero attached hydrogens (tertiary/aromatic N) is 2. The zero-order valence-electron chi connectivity index (χ0n) is 18.1. The molecular formula is C21H22F2N3NaO5. The van der Waals surface area contributed by atoms with Crippen LogP contribution in [-0.4, -0.2) is 40.7 Å². The summed E-state index contributed by atoms with van der Waals surface area (Å²) in [5, 5.41) is 14.8. The minimum absolute atomic E-state index is 0. The monoisotopic (exact) mass is 457 g/mol. The van der Waals surface area contributed by atoms with Crippen LogP contribution in [0.2, 0.25) is 0 Å². The maximum absolute atomic E-state index is 13.7. The van der Waals surface area contributed by atoms with Crippen LogP contribution in [0.15, 0.2) is 29.2 Å². The van der Waals surface area contributed by atoms with E-state index in [0.717, 1.165) is 18.3 Å². The van der Waals surface area contributed by atoms with Gasteiger partial charge in [-0.2, -0.15) is 0 Å². The number of aromatic nitrogens is 1. The quantitative estimate of drug-likeness (QED) is 0.557. The van der Waals surface area contributed by atoms with Crippen molar-refractivity contribution in [3.63, 3.8) is 0 Å². The topological polar surface area (TPSA) is 104 Å². The predicted molar refractivity (Wildman–Crippen MR) is 104 cm³/mol. The first-order valence-corrected chi connectivity index (χ1v) is 9.96. The Kier molecular flexibility index (Phi) is 8.97. The summed E-state index contributed by atoms with van der Waals surface area (Å²) >= 11 is 0. The van der Waals surface area contributed by atoms with Gasteiger partial charge in [-0.05, 0) is 18.2 Å². The van der Waals surface area contributed by atoms with Gasteiger partial charge in [0, 0.05) is 30.9 Å². The molecule has 0 bridgehead atoms. The Morgan fingerprint density at radius 2 is 2.00 bits per heavy atom. The third-order valence-corrected chi connectivity index (χ3v) is 4.95. The van der Waals surface area contributed by atoms with Gasteiger partial charge in [0.2, 0.25) is 0 Å². The Balaban J connectivity index is 0.00000118. The van der Waals surface area contributed by atoms with Gasteiger partial charge >= 0.3 is 29.6 Å². The van der Waals surface area contributed by atoms with E-state index < -0.39 is 46.4 Å². The van der Waals surface area contributed by atoms with Crippen molar-refractivity contribution in [2.75, 3.05) is 13.2 Å². The molecule has 1 fully saturated rings. The first-order chi connectivity index (χ1) is 14.9. The standard InChI is InChI=1S/C19H17F2N3O5.C2H6.Na/c20-11-3-2-10(13(21)6-11)7-22-18(27)12-8-23-9-14-24(4-1-5-29-14)19(28)15(23)17(26)16(12)25;1-2;/h2-3,6,8,14,26H,1,4-5,7,9H2,(H,22,27);1-2H3;/q;;+1/p-1. The summed E-state index contributed by atoms with van der Waals surface area (Å²) in [6.45, 7) is 4.69. The zero-order valence-corrected chi connectivity index (χ0v) is 20.1. The van der Waals surface area contributed by atoms with Gasteiger partial charge in [-0.15, -0.1) is 0 Å². The molecular weight excluding hydrogens is 435 g/mol. The number of pyridine rings is 1. The van der Waals surface area contributed by atoms with Crippen LogP contribution in [-0.2, 0) is 17.8 Å². The first kappa shape index (κ1) is 26.0. The molecule has 32 heavy (non-hydrogen) atoms. The van der Waals surface area contributed by atoms with Crippen LogP contribution in [0.3, 0.4) is 0 Å². The van der Waals surface area contributed by atoms with E-state index in [9.17, 15) is 28.3 Å². The van der Waals surface area contributed by atoms with E-state index in [1.165, 1.54) is 9.47 Å². The van der Waals surface area contributed by atoms with Gasteiger partial charge in [-0.1, -0.05) is 19.9 Å². The van der Waals surface area contributed by atoms with Gasteiger partial charge in [0.05, 0.1) is 13.2 Å². The number of ether oxygens (including phenoxy) is 1. The molecule has 2 aromatic rings. The van der Waals surface area contributed by atoms with Gasteiger partial charge in [0.1, 0.15) is 22.9 Å². The fraction of sp³-hybridized carbons (Fsp3) is 0.381. The molecule has 166 valence electrons. The van der Waals surface area contributed by atoms with Crippen molar-refractivity contribution in [2.24, 2.45) is 0 Å². The summed E-state index contributed by atoms with van der Waals surface area (Å²) in [6, 6.07) is 2.87. The van der Waals surface area contributed by atoms with Gasteiger partial charge in [-0.25, -0.2) is 8.78 Å². The Labute approximate surface area is 205 Å². The minimum Gasteiger partial charge on any atom is -0.868 e. The Hall–Kier alpha value is -2.27. The molecule has 0 saturated carbocycles. The van der Waals surface area contributed by atoms with E-state index in [1.807, 2.05) is 13.8 Å². The third-order valence-electron chi connectivity index (χ3n) is 4.95. The number of nitrogens with one attached hydrogen (secondary N) is 1. The number of benzene rings is 1. The van der Waals surface area contributed by atoms with Crippen LogP contribution >= 0.6 is 0 Å². The molecule has 1 atom stereocenters. The summed E-state index contributed by atoms with van der Waals surface area (Å²) < 4.78 is 33.5. The van der Waals surface area contributed by atoms with Crippen molar-refractivity contribution >= 4 is 11.8 Å². The van der Waals surface area contributed by atoms with Gasteiger partial charge in [-0.3, -0.25) is 14.4 Å². The first-order valence-electron chi connectivity index (χ1n) is 9.96. The molecule has 3 heterocycles. The largest absolute Gasteiger partial charge is 1.00 e. The molecule has 0 radical (unpaired) electrons. The molecule has 1 saturated heterocycles. The molecule has 2 aliphatic rings. The minimum atomic E-state index is -1.11.